The lowest BCUT2D eigenvalue weighted by Crippen LogP contribution is -2.09. The SMILES string of the molecule is O=[N+]([O-])c1cccc(C2=C(C3CCCCC3)CC/C2=N\O)c1. The molecule has 0 aliphatic heterocycles. The monoisotopic (exact) mass is 300 g/mol. The Morgan fingerprint density at radius 2 is 1.95 bits per heavy atom. The number of oxime groups is 1. The molecular formula is C17H20N2O3. The van der Waals surface area contributed by atoms with Crippen molar-refractivity contribution < 1.29 is 10.1 Å². The molecule has 116 valence electrons. The number of nitrogens with zero attached hydrogens (tertiary/aromatic N) is 2. The van der Waals surface area contributed by atoms with E-state index in [-0.39, 0.29) is 10.6 Å². The molecule has 1 aromatic rings. The van der Waals surface area contributed by atoms with Crippen LogP contribution in [-0.4, -0.2) is 15.8 Å². The first-order valence-electron chi connectivity index (χ1n) is 7.90. The van der Waals surface area contributed by atoms with Crippen molar-refractivity contribution in [3.8, 4) is 0 Å². The fraction of sp³-hybridized carbons (Fsp3) is 0.471. The molecule has 2 aliphatic carbocycles. The van der Waals surface area contributed by atoms with Crippen LogP contribution in [-0.2, 0) is 0 Å². The molecule has 2 aliphatic rings. The summed E-state index contributed by atoms with van der Waals surface area (Å²) in [5.74, 6) is 0.530. The van der Waals surface area contributed by atoms with Crippen molar-refractivity contribution in [3.63, 3.8) is 0 Å². The highest BCUT2D eigenvalue weighted by molar-refractivity contribution is 6.26. The zero-order valence-corrected chi connectivity index (χ0v) is 12.5. The van der Waals surface area contributed by atoms with Gasteiger partial charge in [-0.3, -0.25) is 10.1 Å². The van der Waals surface area contributed by atoms with Crippen molar-refractivity contribution in [1.82, 2.24) is 0 Å². The summed E-state index contributed by atoms with van der Waals surface area (Å²) >= 11 is 0. The van der Waals surface area contributed by atoms with Gasteiger partial charge in [0.15, 0.2) is 0 Å². The number of rotatable bonds is 3. The maximum absolute atomic E-state index is 11.0. The van der Waals surface area contributed by atoms with Crippen LogP contribution in [0.3, 0.4) is 0 Å². The van der Waals surface area contributed by atoms with E-state index in [1.165, 1.54) is 43.7 Å². The van der Waals surface area contributed by atoms with Crippen LogP contribution in [0.2, 0.25) is 0 Å². The van der Waals surface area contributed by atoms with Gasteiger partial charge in [-0.25, -0.2) is 0 Å². The average molecular weight is 300 g/mol. The number of nitro benzene ring substituents is 1. The molecule has 1 fully saturated rings. The summed E-state index contributed by atoms with van der Waals surface area (Å²) in [6.45, 7) is 0. The predicted molar refractivity (Wildman–Crippen MR) is 85.0 cm³/mol. The Morgan fingerprint density at radius 1 is 1.18 bits per heavy atom. The lowest BCUT2D eigenvalue weighted by atomic mass is 9.81. The summed E-state index contributed by atoms with van der Waals surface area (Å²) in [6, 6.07) is 6.66. The third-order valence-electron chi connectivity index (χ3n) is 4.81. The standard InChI is InChI=1S/C17H20N2O3/c20-18-16-10-9-15(12-5-2-1-3-6-12)17(16)13-7-4-8-14(11-13)19(21)22/h4,7-8,11-12,20H,1-3,5-6,9-10H2/b18-16+. The van der Waals surface area contributed by atoms with E-state index < -0.39 is 0 Å². The molecule has 0 spiro atoms. The molecule has 0 atom stereocenters. The van der Waals surface area contributed by atoms with Crippen LogP contribution in [0.1, 0.15) is 50.5 Å². The van der Waals surface area contributed by atoms with Crippen LogP contribution in [0, 0.1) is 16.0 Å². The number of nitro groups is 1. The van der Waals surface area contributed by atoms with Crippen molar-refractivity contribution >= 4 is 17.0 Å². The minimum Gasteiger partial charge on any atom is -0.411 e. The second kappa shape index (κ2) is 6.30. The zero-order valence-electron chi connectivity index (χ0n) is 12.5. The van der Waals surface area contributed by atoms with E-state index in [1.54, 1.807) is 12.1 Å². The second-order valence-corrected chi connectivity index (χ2v) is 6.09. The van der Waals surface area contributed by atoms with Crippen LogP contribution in [0.25, 0.3) is 5.57 Å². The van der Waals surface area contributed by atoms with Crippen molar-refractivity contribution in [2.24, 2.45) is 11.1 Å². The van der Waals surface area contributed by atoms with Crippen molar-refractivity contribution in [1.29, 1.82) is 0 Å². The van der Waals surface area contributed by atoms with E-state index >= 15 is 0 Å². The van der Waals surface area contributed by atoms with Crippen molar-refractivity contribution in [2.75, 3.05) is 0 Å². The maximum Gasteiger partial charge on any atom is 0.270 e. The van der Waals surface area contributed by atoms with Gasteiger partial charge in [-0.15, -0.1) is 0 Å². The summed E-state index contributed by atoms with van der Waals surface area (Å²) in [5.41, 5.74) is 3.82. The van der Waals surface area contributed by atoms with Gasteiger partial charge in [-0.05, 0) is 37.2 Å². The van der Waals surface area contributed by atoms with Gasteiger partial charge in [0.05, 0.1) is 10.6 Å². The number of hydrogen-bond acceptors (Lipinski definition) is 4. The first-order valence-corrected chi connectivity index (χ1v) is 7.90. The Kier molecular flexibility index (Phi) is 4.22. The normalized spacial score (nSPS) is 21.5. The van der Waals surface area contributed by atoms with Gasteiger partial charge in [0.1, 0.15) is 0 Å². The summed E-state index contributed by atoms with van der Waals surface area (Å²) in [7, 11) is 0. The van der Waals surface area contributed by atoms with Crippen LogP contribution >= 0.6 is 0 Å². The van der Waals surface area contributed by atoms with Crippen molar-refractivity contribution in [3.05, 3.63) is 45.5 Å². The van der Waals surface area contributed by atoms with Gasteiger partial charge in [0.25, 0.3) is 5.69 Å². The second-order valence-electron chi connectivity index (χ2n) is 6.09. The smallest absolute Gasteiger partial charge is 0.270 e. The molecule has 0 aromatic heterocycles. The molecule has 1 aromatic carbocycles. The molecule has 0 amide bonds. The van der Waals surface area contributed by atoms with E-state index in [9.17, 15) is 15.3 Å². The minimum atomic E-state index is -0.380. The van der Waals surface area contributed by atoms with Crippen LogP contribution < -0.4 is 0 Å². The topological polar surface area (TPSA) is 75.7 Å². The zero-order chi connectivity index (χ0) is 15.5. The summed E-state index contributed by atoms with van der Waals surface area (Å²) in [5, 5.41) is 23.8. The number of non-ortho nitro benzene ring substituents is 1. The fourth-order valence-electron chi connectivity index (χ4n) is 3.77. The fourth-order valence-corrected chi connectivity index (χ4v) is 3.77. The van der Waals surface area contributed by atoms with E-state index in [0.717, 1.165) is 24.0 Å². The molecule has 0 heterocycles. The number of allylic oxidation sites excluding steroid dienone is 2. The Hall–Kier alpha value is -2.17. The van der Waals surface area contributed by atoms with Gasteiger partial charge < -0.3 is 5.21 Å². The third kappa shape index (κ3) is 2.75. The van der Waals surface area contributed by atoms with Crippen molar-refractivity contribution in [2.45, 2.75) is 44.9 Å². The molecular weight excluding hydrogens is 280 g/mol. The molecule has 5 heteroatoms. The van der Waals surface area contributed by atoms with E-state index in [2.05, 4.69) is 5.16 Å². The van der Waals surface area contributed by atoms with E-state index in [4.69, 9.17) is 0 Å². The molecule has 0 saturated heterocycles. The lowest BCUT2D eigenvalue weighted by molar-refractivity contribution is -0.384. The highest BCUT2D eigenvalue weighted by atomic mass is 16.6. The molecule has 1 saturated carbocycles. The first-order chi connectivity index (χ1) is 10.7. The summed E-state index contributed by atoms with van der Waals surface area (Å²) in [6.07, 6.45) is 7.74. The molecule has 5 nitrogen and oxygen atoms in total. The maximum atomic E-state index is 11.0. The Labute approximate surface area is 129 Å². The lowest BCUT2D eigenvalue weighted by Gasteiger charge is -2.24. The Balaban J connectivity index is 2.05. The van der Waals surface area contributed by atoms with Gasteiger partial charge in [0.2, 0.25) is 0 Å². The van der Waals surface area contributed by atoms with Gasteiger partial charge in [-0.1, -0.05) is 42.1 Å². The molecule has 1 N–H and O–H groups in total. The summed E-state index contributed by atoms with van der Waals surface area (Å²) < 4.78 is 0. The number of benzene rings is 1. The summed E-state index contributed by atoms with van der Waals surface area (Å²) in [4.78, 5) is 10.6. The minimum absolute atomic E-state index is 0.0807. The molecule has 0 bridgehead atoms. The van der Waals surface area contributed by atoms with Crippen LogP contribution in [0.15, 0.2) is 35.0 Å². The molecule has 3 rings (SSSR count). The first kappa shape index (κ1) is 14.8. The van der Waals surface area contributed by atoms with E-state index in [0.29, 0.717) is 11.6 Å². The third-order valence-corrected chi connectivity index (χ3v) is 4.81. The highest BCUT2D eigenvalue weighted by Gasteiger charge is 2.29. The number of hydrogen-bond donors (Lipinski definition) is 1. The molecule has 22 heavy (non-hydrogen) atoms. The quantitative estimate of drug-likeness (QED) is 0.505. The highest BCUT2D eigenvalue weighted by Crippen LogP contribution is 2.42. The molecule has 0 unspecified atom stereocenters. The van der Waals surface area contributed by atoms with Gasteiger partial charge >= 0.3 is 0 Å². The Bertz CT molecular complexity index is 643. The molecule has 0 radical (unpaired) electrons. The van der Waals surface area contributed by atoms with E-state index in [1.807, 2.05) is 6.07 Å². The van der Waals surface area contributed by atoms with Gasteiger partial charge in [-0.2, -0.15) is 0 Å². The Morgan fingerprint density at radius 3 is 2.64 bits per heavy atom. The van der Waals surface area contributed by atoms with Gasteiger partial charge in [0, 0.05) is 17.7 Å². The van der Waals surface area contributed by atoms with Crippen LogP contribution in [0.4, 0.5) is 5.69 Å². The largest absolute Gasteiger partial charge is 0.411 e. The average Bonchev–Trinajstić information content (AvgIpc) is 2.99. The predicted octanol–water partition coefficient (Wildman–Crippen LogP) is 4.55. The van der Waals surface area contributed by atoms with Crippen LogP contribution in [0.5, 0.6) is 0 Å².